The number of imide groups is 1. The number of carbonyl (C=O) groups is 2. The molecule has 5 nitrogen and oxygen atoms in total. The van der Waals surface area contributed by atoms with Gasteiger partial charge in [0.1, 0.15) is 6.10 Å². The summed E-state index contributed by atoms with van der Waals surface area (Å²) in [7, 11) is -0.837. The fourth-order valence-electron chi connectivity index (χ4n) is 5.48. The Balaban J connectivity index is 2.32. The van der Waals surface area contributed by atoms with E-state index in [-0.39, 0.29) is 11.9 Å². The maximum atomic E-state index is 12.9. The van der Waals surface area contributed by atoms with Crippen molar-refractivity contribution in [3.63, 3.8) is 0 Å². The first-order chi connectivity index (χ1) is 12.2. The van der Waals surface area contributed by atoms with Crippen molar-refractivity contribution in [3.05, 3.63) is 0 Å². The van der Waals surface area contributed by atoms with Gasteiger partial charge in [-0.15, -0.1) is 0 Å². The van der Waals surface area contributed by atoms with Gasteiger partial charge in [0, 0.05) is 0 Å². The normalized spacial score (nSPS) is 25.2. The molecule has 0 aromatic carbocycles. The summed E-state index contributed by atoms with van der Waals surface area (Å²) in [5, 5.41) is 0. The third-order valence-corrected chi connectivity index (χ3v) is 12.7. The monoisotopic (exact) mass is 383 g/mol. The molecule has 2 fully saturated rings. The Hall–Kier alpha value is -0.883. The SMILES string of the molecule is COC(=O)N1C(=O)C(O[Si](C(C)C)(C(C)C)C(C)C)C1C1CCCCC1. The van der Waals surface area contributed by atoms with E-state index in [1.165, 1.54) is 18.4 Å². The smallest absolute Gasteiger partial charge is 0.416 e. The summed E-state index contributed by atoms with van der Waals surface area (Å²) in [6.45, 7) is 13.4. The summed E-state index contributed by atoms with van der Waals surface area (Å²) < 4.78 is 11.7. The molecule has 26 heavy (non-hydrogen) atoms. The fourth-order valence-corrected chi connectivity index (χ4v) is 11.0. The number of methoxy groups -OCH3 is 1. The molecule has 2 rings (SSSR count). The number of carbonyl (C=O) groups excluding carboxylic acids is 2. The van der Waals surface area contributed by atoms with Crippen LogP contribution < -0.4 is 0 Å². The van der Waals surface area contributed by atoms with Crippen molar-refractivity contribution in [1.82, 2.24) is 4.90 Å². The van der Waals surface area contributed by atoms with E-state index in [1.54, 1.807) is 0 Å². The predicted molar refractivity (Wildman–Crippen MR) is 106 cm³/mol. The minimum atomic E-state index is -2.18. The molecule has 0 aromatic heterocycles. The van der Waals surface area contributed by atoms with Crippen LogP contribution in [0.5, 0.6) is 0 Å². The Labute approximate surface area is 159 Å². The molecule has 0 spiro atoms. The second kappa shape index (κ2) is 8.42. The van der Waals surface area contributed by atoms with Crippen molar-refractivity contribution in [2.24, 2.45) is 5.92 Å². The Morgan fingerprint density at radius 3 is 1.92 bits per heavy atom. The van der Waals surface area contributed by atoms with Gasteiger partial charge in [0.15, 0.2) is 0 Å². The molecule has 2 atom stereocenters. The van der Waals surface area contributed by atoms with Crippen LogP contribution in [-0.4, -0.2) is 44.5 Å². The number of hydrogen-bond acceptors (Lipinski definition) is 4. The quantitative estimate of drug-likeness (QED) is 0.473. The van der Waals surface area contributed by atoms with Crippen LogP contribution in [-0.2, 0) is 14.0 Å². The molecule has 2 amide bonds. The lowest BCUT2D eigenvalue weighted by Crippen LogP contribution is -2.72. The molecule has 1 aliphatic carbocycles. The van der Waals surface area contributed by atoms with Crippen LogP contribution in [0.2, 0.25) is 16.6 Å². The van der Waals surface area contributed by atoms with E-state index in [4.69, 9.17) is 9.16 Å². The maximum absolute atomic E-state index is 12.9. The van der Waals surface area contributed by atoms with E-state index in [1.807, 2.05) is 0 Å². The summed E-state index contributed by atoms with van der Waals surface area (Å²) in [6.07, 6.45) is 4.68. The number of amides is 2. The lowest BCUT2D eigenvalue weighted by molar-refractivity contribution is -0.165. The van der Waals surface area contributed by atoms with Gasteiger partial charge in [0.25, 0.3) is 5.91 Å². The van der Waals surface area contributed by atoms with Gasteiger partial charge < -0.3 is 9.16 Å². The zero-order valence-electron chi connectivity index (χ0n) is 17.6. The van der Waals surface area contributed by atoms with Gasteiger partial charge >= 0.3 is 6.09 Å². The van der Waals surface area contributed by atoms with Crippen molar-refractivity contribution < 1.29 is 18.8 Å². The highest BCUT2D eigenvalue weighted by atomic mass is 28.4. The van der Waals surface area contributed by atoms with Crippen LogP contribution in [0.3, 0.4) is 0 Å². The number of ether oxygens (including phenoxy) is 1. The first kappa shape index (κ1) is 21.4. The summed E-state index contributed by atoms with van der Waals surface area (Å²) in [5.74, 6) is 0.134. The first-order valence-corrected chi connectivity index (χ1v) is 12.4. The number of rotatable bonds is 6. The lowest BCUT2D eigenvalue weighted by atomic mass is 9.77. The predicted octanol–water partition coefficient (Wildman–Crippen LogP) is 5.10. The van der Waals surface area contributed by atoms with Gasteiger partial charge in [-0.25, -0.2) is 9.69 Å². The van der Waals surface area contributed by atoms with Gasteiger partial charge in [-0.05, 0) is 35.4 Å². The molecule has 0 N–H and O–H groups in total. The van der Waals surface area contributed by atoms with Crippen LogP contribution in [0.15, 0.2) is 0 Å². The van der Waals surface area contributed by atoms with Crippen molar-refractivity contribution in [3.8, 4) is 0 Å². The highest BCUT2D eigenvalue weighted by molar-refractivity contribution is 6.77. The van der Waals surface area contributed by atoms with Crippen molar-refractivity contribution >= 4 is 20.3 Å². The minimum Gasteiger partial charge on any atom is -0.452 e. The zero-order chi connectivity index (χ0) is 19.6. The van der Waals surface area contributed by atoms with Crippen molar-refractivity contribution in [2.45, 2.75) is 102 Å². The third kappa shape index (κ3) is 3.59. The van der Waals surface area contributed by atoms with Gasteiger partial charge in [0.2, 0.25) is 8.32 Å². The van der Waals surface area contributed by atoms with Crippen molar-refractivity contribution in [1.29, 1.82) is 0 Å². The summed E-state index contributed by atoms with van der Waals surface area (Å²) in [4.78, 5) is 26.4. The standard InChI is InChI=1S/C20H37NO4Si/c1-13(2)26(14(3)4,15(5)6)25-18-17(16-11-9-8-10-12-16)21(19(18)22)20(23)24-7/h13-18H,8-12H2,1-7H3. The molecule has 0 radical (unpaired) electrons. The number of nitrogens with zero attached hydrogens (tertiary/aromatic N) is 1. The Morgan fingerprint density at radius 1 is 1.00 bits per heavy atom. The number of hydrogen-bond donors (Lipinski definition) is 0. The molecule has 6 heteroatoms. The van der Waals surface area contributed by atoms with E-state index in [0.717, 1.165) is 25.7 Å². The summed E-state index contributed by atoms with van der Waals surface area (Å²) in [6, 6.07) is -0.154. The molecular formula is C20H37NO4Si. The lowest BCUT2D eigenvalue weighted by Gasteiger charge is -2.54. The van der Waals surface area contributed by atoms with E-state index in [9.17, 15) is 9.59 Å². The van der Waals surface area contributed by atoms with E-state index in [0.29, 0.717) is 22.5 Å². The van der Waals surface area contributed by atoms with Crippen LogP contribution in [0, 0.1) is 5.92 Å². The highest BCUT2D eigenvalue weighted by Gasteiger charge is 2.59. The molecule has 1 aliphatic heterocycles. The van der Waals surface area contributed by atoms with E-state index < -0.39 is 20.5 Å². The zero-order valence-corrected chi connectivity index (χ0v) is 18.6. The largest absolute Gasteiger partial charge is 0.452 e. The molecule has 1 saturated heterocycles. The molecular weight excluding hydrogens is 346 g/mol. The van der Waals surface area contributed by atoms with Crippen molar-refractivity contribution in [2.75, 3.05) is 7.11 Å². The Kier molecular flexibility index (Phi) is 6.94. The van der Waals surface area contributed by atoms with Gasteiger partial charge in [-0.3, -0.25) is 4.79 Å². The van der Waals surface area contributed by atoms with Gasteiger partial charge in [-0.1, -0.05) is 60.8 Å². The molecule has 150 valence electrons. The summed E-state index contributed by atoms with van der Waals surface area (Å²) in [5.41, 5.74) is 1.23. The highest BCUT2D eigenvalue weighted by Crippen LogP contribution is 2.47. The summed E-state index contributed by atoms with van der Waals surface area (Å²) >= 11 is 0. The maximum Gasteiger partial charge on any atom is 0.416 e. The van der Waals surface area contributed by atoms with E-state index in [2.05, 4.69) is 41.5 Å². The van der Waals surface area contributed by atoms with Gasteiger partial charge in [0.05, 0.1) is 13.2 Å². The molecule has 1 saturated carbocycles. The Bertz CT molecular complexity index is 492. The molecule has 2 aliphatic rings. The fraction of sp³-hybridized carbons (Fsp3) is 0.900. The van der Waals surface area contributed by atoms with Crippen LogP contribution in [0.25, 0.3) is 0 Å². The number of likely N-dealkylation sites (tertiary alicyclic amines) is 1. The molecule has 2 unspecified atom stereocenters. The van der Waals surface area contributed by atoms with Gasteiger partial charge in [-0.2, -0.15) is 0 Å². The topological polar surface area (TPSA) is 55.8 Å². The molecule has 0 aromatic rings. The Morgan fingerprint density at radius 2 is 1.50 bits per heavy atom. The minimum absolute atomic E-state index is 0.154. The second-order valence-corrected chi connectivity index (χ2v) is 14.3. The van der Waals surface area contributed by atoms with Crippen LogP contribution in [0.4, 0.5) is 4.79 Å². The number of β-lactam (4-membered cyclic amide) rings is 1. The molecule has 0 bridgehead atoms. The first-order valence-electron chi connectivity index (χ1n) is 10.3. The third-order valence-electron chi connectivity index (χ3n) is 6.63. The van der Waals surface area contributed by atoms with E-state index >= 15 is 0 Å². The second-order valence-electron chi connectivity index (χ2n) is 8.92. The van der Waals surface area contributed by atoms with Crippen LogP contribution in [0.1, 0.15) is 73.6 Å². The average molecular weight is 384 g/mol. The molecule has 1 heterocycles. The average Bonchev–Trinajstić information content (AvgIpc) is 2.59. The van der Waals surface area contributed by atoms with Crippen LogP contribution >= 0.6 is 0 Å².